The standard InChI is InChI=1S/C13H16O2S/c14-13(8-4-5-9-13)10-11-16(15)12-6-2-1-3-7-12/h1-3,6-7,10-11,14H,4-5,8-9H2/b11-10-. The van der Waals surface area contributed by atoms with Crippen molar-refractivity contribution in [1.29, 1.82) is 0 Å². The van der Waals surface area contributed by atoms with Crippen molar-refractivity contribution in [2.45, 2.75) is 36.2 Å². The summed E-state index contributed by atoms with van der Waals surface area (Å²) >= 11 is 0. The smallest absolute Gasteiger partial charge is 0.0836 e. The van der Waals surface area contributed by atoms with Crippen molar-refractivity contribution in [2.75, 3.05) is 0 Å². The van der Waals surface area contributed by atoms with Crippen LogP contribution in [0.25, 0.3) is 0 Å². The molecule has 0 spiro atoms. The number of hydrogen-bond donors (Lipinski definition) is 1. The van der Waals surface area contributed by atoms with Crippen molar-refractivity contribution in [1.82, 2.24) is 0 Å². The first-order valence-corrected chi connectivity index (χ1v) is 6.78. The molecule has 1 fully saturated rings. The van der Waals surface area contributed by atoms with Crippen molar-refractivity contribution < 1.29 is 9.32 Å². The van der Waals surface area contributed by atoms with Gasteiger partial charge in [0.1, 0.15) is 0 Å². The summed E-state index contributed by atoms with van der Waals surface area (Å²) in [6, 6.07) is 9.30. The fourth-order valence-electron chi connectivity index (χ4n) is 1.98. The van der Waals surface area contributed by atoms with Crippen molar-refractivity contribution in [3.63, 3.8) is 0 Å². The molecule has 1 atom stereocenters. The van der Waals surface area contributed by atoms with Crippen LogP contribution in [0, 0.1) is 0 Å². The summed E-state index contributed by atoms with van der Waals surface area (Å²) < 4.78 is 11.9. The average molecular weight is 236 g/mol. The maximum atomic E-state index is 11.9. The van der Waals surface area contributed by atoms with E-state index in [4.69, 9.17) is 0 Å². The third kappa shape index (κ3) is 2.80. The van der Waals surface area contributed by atoms with Crippen LogP contribution in [0.1, 0.15) is 25.7 Å². The molecule has 0 aliphatic heterocycles. The highest BCUT2D eigenvalue weighted by molar-refractivity contribution is 7.88. The van der Waals surface area contributed by atoms with Crippen LogP contribution in [-0.2, 0) is 10.8 Å². The molecule has 86 valence electrons. The molecule has 1 saturated carbocycles. The van der Waals surface area contributed by atoms with Gasteiger partial charge in [0, 0.05) is 10.3 Å². The first-order chi connectivity index (χ1) is 7.70. The highest BCUT2D eigenvalue weighted by Gasteiger charge is 2.27. The molecular formula is C13H16O2S. The van der Waals surface area contributed by atoms with Gasteiger partial charge in [0.15, 0.2) is 0 Å². The molecule has 1 aliphatic rings. The third-order valence-corrected chi connectivity index (χ3v) is 4.07. The molecule has 0 bridgehead atoms. The van der Waals surface area contributed by atoms with E-state index in [1.165, 1.54) is 0 Å². The molecule has 1 unspecified atom stereocenters. The first-order valence-electron chi connectivity index (χ1n) is 5.57. The van der Waals surface area contributed by atoms with Crippen molar-refractivity contribution >= 4 is 10.8 Å². The molecular weight excluding hydrogens is 220 g/mol. The van der Waals surface area contributed by atoms with Gasteiger partial charge >= 0.3 is 0 Å². The summed E-state index contributed by atoms with van der Waals surface area (Å²) in [7, 11) is -1.15. The predicted molar refractivity (Wildman–Crippen MR) is 65.4 cm³/mol. The van der Waals surface area contributed by atoms with E-state index in [0.717, 1.165) is 30.6 Å². The average Bonchev–Trinajstić information content (AvgIpc) is 2.75. The number of hydrogen-bond acceptors (Lipinski definition) is 2. The van der Waals surface area contributed by atoms with Gasteiger partial charge in [0.25, 0.3) is 0 Å². The minimum atomic E-state index is -1.15. The summed E-state index contributed by atoms with van der Waals surface area (Å²) in [5.41, 5.74) is -0.718. The molecule has 0 amide bonds. The van der Waals surface area contributed by atoms with Crippen molar-refractivity contribution in [3.8, 4) is 0 Å². The Bertz CT molecular complexity index is 392. The lowest BCUT2D eigenvalue weighted by atomic mass is 10.0. The zero-order valence-electron chi connectivity index (χ0n) is 9.13. The van der Waals surface area contributed by atoms with Crippen LogP contribution in [0.15, 0.2) is 46.7 Å². The van der Waals surface area contributed by atoms with E-state index in [1.807, 2.05) is 30.3 Å². The minimum absolute atomic E-state index is 0.718. The van der Waals surface area contributed by atoms with Crippen LogP contribution >= 0.6 is 0 Å². The quantitative estimate of drug-likeness (QED) is 0.876. The number of benzene rings is 1. The van der Waals surface area contributed by atoms with Gasteiger partial charge in [0.05, 0.1) is 16.4 Å². The lowest BCUT2D eigenvalue weighted by molar-refractivity contribution is 0.0994. The zero-order valence-corrected chi connectivity index (χ0v) is 9.95. The van der Waals surface area contributed by atoms with Crippen LogP contribution in [0.5, 0.6) is 0 Å². The normalized spacial score (nSPS) is 21.3. The molecule has 1 aliphatic carbocycles. The van der Waals surface area contributed by atoms with Crippen LogP contribution in [0.2, 0.25) is 0 Å². The molecule has 16 heavy (non-hydrogen) atoms. The molecule has 0 radical (unpaired) electrons. The van der Waals surface area contributed by atoms with Gasteiger partial charge in [-0.25, -0.2) is 4.21 Å². The summed E-state index contributed by atoms with van der Waals surface area (Å²) in [4.78, 5) is 0.778. The van der Waals surface area contributed by atoms with E-state index >= 15 is 0 Å². The van der Waals surface area contributed by atoms with Crippen LogP contribution in [0.4, 0.5) is 0 Å². The Morgan fingerprint density at radius 3 is 2.44 bits per heavy atom. The lowest BCUT2D eigenvalue weighted by Gasteiger charge is -2.16. The van der Waals surface area contributed by atoms with Gasteiger partial charge in [-0.05, 0) is 31.1 Å². The fourth-order valence-corrected chi connectivity index (χ4v) is 2.93. The molecule has 1 aromatic carbocycles. The van der Waals surface area contributed by atoms with Gasteiger partial charge in [0.2, 0.25) is 0 Å². The second kappa shape index (κ2) is 4.93. The van der Waals surface area contributed by atoms with Crippen LogP contribution in [-0.4, -0.2) is 14.9 Å². The van der Waals surface area contributed by atoms with E-state index in [0.29, 0.717) is 0 Å². The number of rotatable bonds is 3. The Kier molecular flexibility index (Phi) is 3.56. The van der Waals surface area contributed by atoms with Crippen molar-refractivity contribution in [3.05, 3.63) is 41.8 Å². The molecule has 0 heterocycles. The SMILES string of the molecule is O=S(/C=C\C1(O)CCCC1)c1ccccc1. The molecule has 1 N–H and O–H groups in total. The maximum absolute atomic E-state index is 11.9. The number of aliphatic hydroxyl groups is 1. The Morgan fingerprint density at radius 1 is 1.19 bits per heavy atom. The van der Waals surface area contributed by atoms with Crippen LogP contribution in [0.3, 0.4) is 0 Å². The zero-order chi connectivity index (χ0) is 11.4. The largest absolute Gasteiger partial charge is 0.386 e. The van der Waals surface area contributed by atoms with E-state index < -0.39 is 16.4 Å². The fraction of sp³-hybridized carbons (Fsp3) is 0.385. The predicted octanol–water partition coefficient (Wildman–Crippen LogP) is 2.61. The topological polar surface area (TPSA) is 37.3 Å². The molecule has 2 rings (SSSR count). The second-order valence-electron chi connectivity index (χ2n) is 4.22. The molecule has 1 aromatic rings. The highest BCUT2D eigenvalue weighted by Crippen LogP contribution is 2.30. The van der Waals surface area contributed by atoms with E-state index in [2.05, 4.69) is 0 Å². The molecule has 3 heteroatoms. The summed E-state index contributed by atoms with van der Waals surface area (Å²) in [6.07, 6.45) is 5.39. The molecule has 0 aromatic heterocycles. The maximum Gasteiger partial charge on any atom is 0.0836 e. The van der Waals surface area contributed by atoms with E-state index in [9.17, 15) is 9.32 Å². The monoisotopic (exact) mass is 236 g/mol. The highest BCUT2D eigenvalue weighted by atomic mass is 32.2. The van der Waals surface area contributed by atoms with Crippen LogP contribution < -0.4 is 0 Å². The second-order valence-corrected chi connectivity index (χ2v) is 5.56. The third-order valence-electron chi connectivity index (χ3n) is 2.95. The van der Waals surface area contributed by atoms with Gasteiger partial charge in [-0.3, -0.25) is 0 Å². The summed E-state index contributed by atoms with van der Waals surface area (Å²) in [5, 5.41) is 11.7. The molecule has 2 nitrogen and oxygen atoms in total. The molecule has 0 saturated heterocycles. The van der Waals surface area contributed by atoms with Gasteiger partial charge in [-0.2, -0.15) is 0 Å². The Morgan fingerprint density at radius 2 is 1.81 bits per heavy atom. The van der Waals surface area contributed by atoms with Gasteiger partial charge in [-0.1, -0.05) is 31.0 Å². The van der Waals surface area contributed by atoms with Gasteiger partial charge < -0.3 is 5.11 Å². The van der Waals surface area contributed by atoms with E-state index in [-0.39, 0.29) is 0 Å². The van der Waals surface area contributed by atoms with Crippen molar-refractivity contribution in [2.24, 2.45) is 0 Å². The van der Waals surface area contributed by atoms with Gasteiger partial charge in [-0.15, -0.1) is 0 Å². The minimum Gasteiger partial charge on any atom is -0.386 e. The van der Waals surface area contributed by atoms with E-state index in [1.54, 1.807) is 11.5 Å². The Labute approximate surface area is 98.5 Å². The summed E-state index contributed by atoms with van der Waals surface area (Å²) in [5.74, 6) is 0. The Hall–Kier alpha value is -0.930. The Balaban J connectivity index is 2.05. The summed E-state index contributed by atoms with van der Waals surface area (Å²) in [6.45, 7) is 0. The first kappa shape index (κ1) is 11.6. The lowest BCUT2D eigenvalue weighted by Crippen LogP contribution is -2.20.